The van der Waals surface area contributed by atoms with E-state index in [4.69, 9.17) is 9.47 Å². The molecule has 1 aliphatic heterocycles. The highest BCUT2D eigenvalue weighted by Gasteiger charge is 2.28. The SMILES string of the molecule is COc1ccc([C@H]2Cn3nnc(C(=O)Nc4ccc(F)cc4C)c3CO2)cc1. The largest absolute Gasteiger partial charge is 0.497 e. The molecule has 28 heavy (non-hydrogen) atoms. The van der Waals surface area contributed by atoms with Crippen LogP contribution in [0.2, 0.25) is 0 Å². The average Bonchev–Trinajstić information content (AvgIpc) is 3.13. The number of hydrogen-bond acceptors (Lipinski definition) is 5. The highest BCUT2D eigenvalue weighted by molar-refractivity contribution is 6.03. The number of benzene rings is 2. The first kappa shape index (κ1) is 18.1. The van der Waals surface area contributed by atoms with E-state index in [0.29, 0.717) is 23.5 Å². The Bertz CT molecular complexity index is 1020. The number of carbonyl (C=O) groups excluding carboxylic acids is 1. The van der Waals surface area contributed by atoms with Crippen molar-refractivity contribution in [2.24, 2.45) is 0 Å². The maximum atomic E-state index is 13.2. The molecule has 0 radical (unpaired) electrons. The van der Waals surface area contributed by atoms with Gasteiger partial charge in [-0.1, -0.05) is 17.3 Å². The summed E-state index contributed by atoms with van der Waals surface area (Å²) in [6, 6.07) is 11.8. The first-order chi connectivity index (χ1) is 13.5. The number of nitrogens with one attached hydrogen (secondary N) is 1. The van der Waals surface area contributed by atoms with E-state index in [-0.39, 0.29) is 24.2 Å². The molecule has 144 valence electrons. The van der Waals surface area contributed by atoms with Crippen LogP contribution in [0.3, 0.4) is 0 Å². The van der Waals surface area contributed by atoms with Crippen molar-refractivity contribution in [3.8, 4) is 5.75 Å². The van der Waals surface area contributed by atoms with E-state index in [9.17, 15) is 9.18 Å². The van der Waals surface area contributed by atoms with E-state index in [2.05, 4.69) is 15.6 Å². The molecule has 0 aliphatic carbocycles. The fraction of sp³-hybridized carbons (Fsp3) is 0.250. The molecule has 0 saturated heterocycles. The van der Waals surface area contributed by atoms with Gasteiger partial charge >= 0.3 is 0 Å². The van der Waals surface area contributed by atoms with Crippen molar-refractivity contribution >= 4 is 11.6 Å². The maximum Gasteiger partial charge on any atom is 0.278 e. The standard InChI is InChI=1S/C20H19FN4O3/c1-12-9-14(21)5-8-16(12)22-20(26)19-17-11-28-18(10-25(17)24-23-19)13-3-6-15(27-2)7-4-13/h3-9,18H,10-11H2,1-2H3,(H,22,26)/t18-/m1/s1. The van der Waals surface area contributed by atoms with Crippen LogP contribution in [-0.4, -0.2) is 28.0 Å². The van der Waals surface area contributed by atoms with Gasteiger partial charge in [0, 0.05) is 5.69 Å². The van der Waals surface area contributed by atoms with Crippen LogP contribution in [0.5, 0.6) is 5.75 Å². The topological polar surface area (TPSA) is 78.3 Å². The van der Waals surface area contributed by atoms with Crippen LogP contribution >= 0.6 is 0 Å². The normalized spacial score (nSPS) is 15.8. The number of ether oxygens (including phenoxy) is 2. The zero-order valence-corrected chi connectivity index (χ0v) is 15.5. The number of carbonyl (C=O) groups is 1. The van der Waals surface area contributed by atoms with Gasteiger partial charge < -0.3 is 14.8 Å². The van der Waals surface area contributed by atoms with Gasteiger partial charge in [-0.25, -0.2) is 9.07 Å². The van der Waals surface area contributed by atoms with Gasteiger partial charge in [-0.2, -0.15) is 0 Å². The molecule has 3 aromatic rings. The third-order valence-corrected chi connectivity index (χ3v) is 4.74. The number of anilines is 1. The summed E-state index contributed by atoms with van der Waals surface area (Å²) < 4.78 is 26.0. The quantitative estimate of drug-likeness (QED) is 0.749. The minimum absolute atomic E-state index is 0.185. The summed E-state index contributed by atoms with van der Waals surface area (Å²) in [5, 5.41) is 10.9. The molecule has 0 saturated carbocycles. The number of rotatable bonds is 4. The predicted octanol–water partition coefficient (Wildman–Crippen LogP) is 3.26. The Morgan fingerprint density at radius 1 is 1.29 bits per heavy atom. The third-order valence-electron chi connectivity index (χ3n) is 4.74. The molecule has 0 spiro atoms. The fourth-order valence-electron chi connectivity index (χ4n) is 3.16. The van der Waals surface area contributed by atoms with Gasteiger partial charge in [0.05, 0.1) is 26.0 Å². The molecule has 1 N–H and O–H groups in total. The molecule has 4 rings (SSSR count). The zero-order valence-electron chi connectivity index (χ0n) is 15.5. The minimum atomic E-state index is -0.401. The highest BCUT2D eigenvalue weighted by atomic mass is 19.1. The van der Waals surface area contributed by atoms with Crippen molar-refractivity contribution in [3.05, 3.63) is 70.8 Å². The van der Waals surface area contributed by atoms with Crippen LogP contribution in [0.1, 0.15) is 33.4 Å². The monoisotopic (exact) mass is 382 g/mol. The summed E-state index contributed by atoms with van der Waals surface area (Å²) in [7, 11) is 1.62. The van der Waals surface area contributed by atoms with Crippen molar-refractivity contribution in [3.63, 3.8) is 0 Å². The molecule has 2 aromatic carbocycles. The highest BCUT2D eigenvalue weighted by Crippen LogP contribution is 2.28. The molecular formula is C20H19FN4O3. The summed E-state index contributed by atoms with van der Waals surface area (Å²) in [6.45, 7) is 2.40. The van der Waals surface area contributed by atoms with Crippen LogP contribution in [-0.2, 0) is 17.9 Å². The lowest BCUT2D eigenvalue weighted by Gasteiger charge is -2.24. The van der Waals surface area contributed by atoms with E-state index < -0.39 is 5.91 Å². The molecule has 0 fully saturated rings. The lowest BCUT2D eigenvalue weighted by atomic mass is 10.1. The van der Waals surface area contributed by atoms with Crippen LogP contribution in [0.25, 0.3) is 0 Å². The third kappa shape index (κ3) is 3.46. The Kier molecular flexibility index (Phi) is 4.79. The number of aromatic nitrogens is 3. The molecule has 1 aromatic heterocycles. The number of aryl methyl sites for hydroxylation is 1. The molecule has 7 nitrogen and oxygen atoms in total. The second-order valence-electron chi connectivity index (χ2n) is 6.55. The molecule has 0 bridgehead atoms. The lowest BCUT2D eigenvalue weighted by Crippen LogP contribution is -2.24. The molecule has 1 aliphatic rings. The average molecular weight is 382 g/mol. The molecule has 0 unspecified atom stereocenters. The van der Waals surface area contributed by atoms with E-state index in [1.165, 1.54) is 18.2 Å². The molecule has 1 amide bonds. The number of nitrogens with zero attached hydrogens (tertiary/aromatic N) is 3. The first-order valence-electron chi connectivity index (χ1n) is 8.80. The first-order valence-corrected chi connectivity index (χ1v) is 8.80. The van der Waals surface area contributed by atoms with Crippen LogP contribution in [0, 0.1) is 12.7 Å². The van der Waals surface area contributed by atoms with Crippen molar-refractivity contribution < 1.29 is 18.7 Å². The van der Waals surface area contributed by atoms with Gasteiger partial charge in [0.15, 0.2) is 5.69 Å². The second kappa shape index (κ2) is 7.40. The summed E-state index contributed by atoms with van der Waals surface area (Å²) in [4.78, 5) is 12.6. The van der Waals surface area contributed by atoms with Gasteiger partial charge in [-0.3, -0.25) is 4.79 Å². The number of hydrogen-bond donors (Lipinski definition) is 1. The fourth-order valence-corrected chi connectivity index (χ4v) is 3.16. The van der Waals surface area contributed by atoms with E-state index in [0.717, 1.165) is 11.3 Å². The molecule has 8 heteroatoms. The van der Waals surface area contributed by atoms with E-state index in [1.54, 1.807) is 18.7 Å². The van der Waals surface area contributed by atoms with Gasteiger partial charge in [-0.05, 0) is 48.4 Å². The number of halogens is 1. The van der Waals surface area contributed by atoms with Crippen molar-refractivity contribution in [2.45, 2.75) is 26.2 Å². The number of fused-ring (bicyclic) bond motifs is 1. The number of amides is 1. The zero-order chi connectivity index (χ0) is 19.7. The Morgan fingerprint density at radius 3 is 2.79 bits per heavy atom. The Balaban J connectivity index is 1.50. The van der Waals surface area contributed by atoms with Crippen LogP contribution < -0.4 is 10.1 Å². The van der Waals surface area contributed by atoms with Crippen molar-refractivity contribution in [2.75, 3.05) is 12.4 Å². The second-order valence-corrected chi connectivity index (χ2v) is 6.55. The van der Waals surface area contributed by atoms with E-state index >= 15 is 0 Å². The molecule has 2 heterocycles. The van der Waals surface area contributed by atoms with Gasteiger partial charge in [0.25, 0.3) is 5.91 Å². The number of methoxy groups -OCH3 is 1. The summed E-state index contributed by atoms with van der Waals surface area (Å²) in [6.07, 6.45) is -0.185. The Hall–Kier alpha value is -3.26. The van der Waals surface area contributed by atoms with Crippen molar-refractivity contribution in [1.29, 1.82) is 0 Å². The van der Waals surface area contributed by atoms with Gasteiger partial charge in [0.2, 0.25) is 0 Å². The Morgan fingerprint density at radius 2 is 2.07 bits per heavy atom. The lowest BCUT2D eigenvalue weighted by molar-refractivity contribution is -0.00173. The van der Waals surface area contributed by atoms with Crippen LogP contribution in [0.4, 0.5) is 10.1 Å². The van der Waals surface area contributed by atoms with Gasteiger partial charge in [-0.15, -0.1) is 5.10 Å². The van der Waals surface area contributed by atoms with Crippen LogP contribution in [0.15, 0.2) is 42.5 Å². The summed E-state index contributed by atoms with van der Waals surface area (Å²) in [5.74, 6) is 0.0213. The maximum absolute atomic E-state index is 13.2. The van der Waals surface area contributed by atoms with E-state index in [1.807, 2.05) is 24.3 Å². The molecular weight excluding hydrogens is 363 g/mol. The Labute approximate surface area is 161 Å². The van der Waals surface area contributed by atoms with Crippen molar-refractivity contribution in [1.82, 2.24) is 15.0 Å². The molecule has 1 atom stereocenters. The summed E-state index contributed by atoms with van der Waals surface area (Å²) >= 11 is 0. The summed E-state index contributed by atoms with van der Waals surface area (Å²) in [5.41, 5.74) is 2.97. The van der Waals surface area contributed by atoms with Gasteiger partial charge in [0.1, 0.15) is 17.7 Å². The smallest absolute Gasteiger partial charge is 0.278 e. The predicted molar refractivity (Wildman–Crippen MR) is 99.6 cm³/mol. The minimum Gasteiger partial charge on any atom is -0.497 e.